The van der Waals surface area contributed by atoms with Crippen molar-refractivity contribution in [3.8, 4) is 23.0 Å². The molecule has 0 saturated carbocycles. The van der Waals surface area contributed by atoms with Crippen LogP contribution in [0.3, 0.4) is 0 Å². The molecule has 0 radical (unpaired) electrons. The standard InChI is InChI=1S/C27H22N2O5/c1-17-18(26(31)32)12-6-13-24(17)29-25(30)14-7-15-28-27(33)34-16-23-21-10-4-2-8-19(21)20-9-3-5-11-22(20)23/h2-6,8-13,23H,15-16H2,1H3,(H,28,33)(H,29,30)(H,31,32). The first-order valence-corrected chi connectivity index (χ1v) is 10.7. The summed E-state index contributed by atoms with van der Waals surface area (Å²) < 4.78 is 5.42. The van der Waals surface area contributed by atoms with Crippen molar-refractivity contribution in [3.63, 3.8) is 0 Å². The van der Waals surface area contributed by atoms with E-state index in [1.54, 1.807) is 13.0 Å². The molecule has 1 aliphatic carbocycles. The van der Waals surface area contributed by atoms with Crippen molar-refractivity contribution in [1.82, 2.24) is 5.32 Å². The van der Waals surface area contributed by atoms with Crippen LogP contribution in [0.25, 0.3) is 11.1 Å². The van der Waals surface area contributed by atoms with Crippen LogP contribution in [0.15, 0.2) is 66.7 Å². The molecule has 2 amide bonds. The first kappa shape index (κ1) is 22.6. The Kier molecular flexibility index (Phi) is 6.60. The number of carboxylic acid groups (broad SMARTS) is 1. The summed E-state index contributed by atoms with van der Waals surface area (Å²) in [7, 11) is 0. The molecule has 34 heavy (non-hydrogen) atoms. The van der Waals surface area contributed by atoms with Gasteiger partial charge in [0.2, 0.25) is 0 Å². The first-order chi connectivity index (χ1) is 16.5. The maximum Gasteiger partial charge on any atom is 0.407 e. The Morgan fingerprint density at radius 2 is 1.59 bits per heavy atom. The van der Waals surface area contributed by atoms with E-state index in [9.17, 15) is 14.4 Å². The summed E-state index contributed by atoms with van der Waals surface area (Å²) in [4.78, 5) is 35.4. The van der Waals surface area contributed by atoms with Crippen molar-refractivity contribution in [2.45, 2.75) is 12.8 Å². The van der Waals surface area contributed by atoms with Crippen LogP contribution >= 0.6 is 0 Å². The van der Waals surface area contributed by atoms with Crippen LogP contribution < -0.4 is 10.6 Å². The molecule has 3 aromatic carbocycles. The number of hydrogen-bond donors (Lipinski definition) is 3. The number of alkyl carbamates (subject to hydrolysis) is 1. The summed E-state index contributed by atoms with van der Waals surface area (Å²) in [6, 6.07) is 20.7. The Hall–Kier alpha value is -4.57. The third kappa shape index (κ3) is 4.76. The van der Waals surface area contributed by atoms with Gasteiger partial charge in [-0.1, -0.05) is 60.5 Å². The Morgan fingerprint density at radius 3 is 2.24 bits per heavy atom. The monoisotopic (exact) mass is 454 g/mol. The topological polar surface area (TPSA) is 105 Å². The molecule has 0 unspecified atom stereocenters. The normalized spacial score (nSPS) is 11.4. The lowest BCUT2D eigenvalue weighted by Crippen LogP contribution is -2.26. The number of anilines is 1. The third-order valence-corrected chi connectivity index (χ3v) is 5.68. The van der Waals surface area contributed by atoms with E-state index in [2.05, 4.69) is 34.6 Å². The zero-order valence-corrected chi connectivity index (χ0v) is 18.4. The van der Waals surface area contributed by atoms with Gasteiger partial charge in [0.1, 0.15) is 6.61 Å². The second kappa shape index (κ2) is 9.92. The Labute approximate surface area is 196 Å². The highest BCUT2D eigenvalue weighted by Crippen LogP contribution is 2.44. The summed E-state index contributed by atoms with van der Waals surface area (Å²) in [6.45, 7) is 1.72. The highest BCUT2D eigenvalue weighted by molar-refractivity contribution is 6.05. The number of rotatable bonds is 5. The molecule has 3 aromatic rings. The molecule has 0 bridgehead atoms. The van der Waals surface area contributed by atoms with Gasteiger partial charge in [0.25, 0.3) is 5.91 Å². The van der Waals surface area contributed by atoms with E-state index in [0.29, 0.717) is 11.3 Å². The van der Waals surface area contributed by atoms with Crippen LogP contribution in [0.2, 0.25) is 0 Å². The first-order valence-electron chi connectivity index (χ1n) is 10.7. The molecule has 3 N–H and O–H groups in total. The molecular formula is C27H22N2O5. The number of amides is 2. The molecule has 7 heteroatoms. The maximum absolute atomic E-state index is 12.1. The summed E-state index contributed by atoms with van der Waals surface area (Å²) in [5, 5.41) is 14.2. The summed E-state index contributed by atoms with van der Waals surface area (Å²) in [6.07, 6.45) is -0.624. The third-order valence-electron chi connectivity index (χ3n) is 5.68. The van der Waals surface area contributed by atoms with Crippen molar-refractivity contribution in [2.75, 3.05) is 18.5 Å². The fourth-order valence-corrected chi connectivity index (χ4v) is 4.05. The fraction of sp³-hybridized carbons (Fsp3) is 0.148. The van der Waals surface area contributed by atoms with Gasteiger partial charge in [-0.15, -0.1) is 0 Å². The SMILES string of the molecule is Cc1c(NC(=O)C#CCNC(=O)OCC2c3ccccc3-c3ccccc32)cccc1C(=O)O. The van der Waals surface area contributed by atoms with Crippen LogP contribution in [-0.2, 0) is 9.53 Å². The van der Waals surface area contributed by atoms with Gasteiger partial charge in [0, 0.05) is 11.6 Å². The highest BCUT2D eigenvalue weighted by atomic mass is 16.5. The van der Waals surface area contributed by atoms with Crippen LogP contribution in [0.4, 0.5) is 10.5 Å². The van der Waals surface area contributed by atoms with Gasteiger partial charge in [0.15, 0.2) is 0 Å². The predicted molar refractivity (Wildman–Crippen MR) is 128 cm³/mol. The van der Waals surface area contributed by atoms with E-state index < -0.39 is 18.0 Å². The quantitative estimate of drug-likeness (QED) is 0.502. The highest BCUT2D eigenvalue weighted by Gasteiger charge is 2.28. The summed E-state index contributed by atoms with van der Waals surface area (Å²) >= 11 is 0. The summed E-state index contributed by atoms with van der Waals surface area (Å²) in [5.74, 6) is 3.20. The molecule has 0 atom stereocenters. The number of benzene rings is 3. The Balaban J connectivity index is 1.29. The van der Waals surface area contributed by atoms with Crippen LogP contribution in [0, 0.1) is 18.8 Å². The van der Waals surface area contributed by atoms with Gasteiger partial charge in [-0.05, 0) is 52.8 Å². The minimum atomic E-state index is -1.08. The number of carbonyl (C=O) groups is 3. The average molecular weight is 454 g/mol. The number of fused-ring (bicyclic) bond motifs is 3. The average Bonchev–Trinajstić information content (AvgIpc) is 3.15. The number of nitrogens with one attached hydrogen (secondary N) is 2. The lowest BCUT2D eigenvalue weighted by atomic mass is 9.98. The number of carboxylic acids is 1. The maximum atomic E-state index is 12.1. The van der Waals surface area contributed by atoms with Crippen molar-refractivity contribution in [3.05, 3.63) is 89.0 Å². The minimum Gasteiger partial charge on any atom is -0.478 e. The molecule has 0 fully saturated rings. The van der Waals surface area contributed by atoms with E-state index in [1.807, 2.05) is 36.4 Å². The summed E-state index contributed by atoms with van der Waals surface area (Å²) in [5.41, 5.74) is 5.43. The zero-order chi connectivity index (χ0) is 24.1. The van der Waals surface area contributed by atoms with Crippen LogP contribution in [-0.4, -0.2) is 36.2 Å². The van der Waals surface area contributed by atoms with Crippen molar-refractivity contribution in [1.29, 1.82) is 0 Å². The van der Waals surface area contributed by atoms with E-state index in [1.165, 1.54) is 12.1 Å². The molecular weight excluding hydrogens is 432 g/mol. The molecule has 0 saturated heterocycles. The second-order valence-electron chi connectivity index (χ2n) is 7.72. The smallest absolute Gasteiger partial charge is 0.407 e. The number of carbonyl (C=O) groups excluding carboxylic acids is 2. The van der Waals surface area contributed by atoms with E-state index >= 15 is 0 Å². The Morgan fingerprint density at radius 1 is 0.941 bits per heavy atom. The van der Waals surface area contributed by atoms with E-state index in [0.717, 1.165) is 22.3 Å². The zero-order valence-electron chi connectivity index (χ0n) is 18.4. The van der Waals surface area contributed by atoms with Gasteiger partial charge in [-0.25, -0.2) is 9.59 Å². The molecule has 170 valence electrons. The van der Waals surface area contributed by atoms with Gasteiger partial charge in [-0.3, -0.25) is 4.79 Å². The molecule has 0 aromatic heterocycles. The van der Waals surface area contributed by atoms with Crippen LogP contribution in [0.5, 0.6) is 0 Å². The largest absolute Gasteiger partial charge is 0.478 e. The van der Waals surface area contributed by atoms with E-state index in [-0.39, 0.29) is 24.6 Å². The van der Waals surface area contributed by atoms with Crippen LogP contribution in [0.1, 0.15) is 33.0 Å². The van der Waals surface area contributed by atoms with Gasteiger partial charge < -0.3 is 20.5 Å². The lowest BCUT2D eigenvalue weighted by Gasteiger charge is -2.14. The molecule has 1 aliphatic rings. The van der Waals surface area contributed by atoms with Crippen molar-refractivity contribution >= 4 is 23.7 Å². The number of aromatic carboxylic acids is 1. The van der Waals surface area contributed by atoms with Gasteiger partial charge in [-0.2, -0.15) is 0 Å². The van der Waals surface area contributed by atoms with Crippen molar-refractivity contribution < 1.29 is 24.2 Å². The molecule has 4 rings (SSSR count). The number of hydrogen-bond acceptors (Lipinski definition) is 4. The van der Waals surface area contributed by atoms with Gasteiger partial charge in [0.05, 0.1) is 12.1 Å². The molecule has 0 heterocycles. The van der Waals surface area contributed by atoms with Crippen molar-refractivity contribution in [2.24, 2.45) is 0 Å². The molecule has 0 aliphatic heterocycles. The molecule has 0 spiro atoms. The molecule has 7 nitrogen and oxygen atoms in total. The number of ether oxygens (including phenoxy) is 1. The lowest BCUT2D eigenvalue weighted by molar-refractivity contribution is -0.111. The van der Waals surface area contributed by atoms with Gasteiger partial charge >= 0.3 is 12.1 Å². The second-order valence-corrected chi connectivity index (χ2v) is 7.72. The van der Waals surface area contributed by atoms with E-state index in [4.69, 9.17) is 9.84 Å². The fourth-order valence-electron chi connectivity index (χ4n) is 4.05. The minimum absolute atomic E-state index is 0.0418. The predicted octanol–water partition coefficient (Wildman–Crippen LogP) is 4.17. The Bertz CT molecular complexity index is 1290.